The number of hydrogen-bond donors (Lipinski definition) is 1. The molecule has 47 heavy (non-hydrogen) atoms. The molecule has 2 heteroatoms. The Morgan fingerprint density at radius 3 is 1.83 bits per heavy atom. The van der Waals surface area contributed by atoms with E-state index in [-0.39, 0.29) is 0 Å². The van der Waals surface area contributed by atoms with Crippen molar-refractivity contribution in [3.63, 3.8) is 0 Å². The van der Waals surface area contributed by atoms with Gasteiger partial charge in [0.1, 0.15) is 0 Å². The summed E-state index contributed by atoms with van der Waals surface area (Å²) in [6.07, 6.45) is 0. The van der Waals surface area contributed by atoms with Crippen molar-refractivity contribution in [1.29, 1.82) is 0 Å². The van der Waals surface area contributed by atoms with Crippen LogP contribution >= 0.6 is 0 Å². The maximum atomic E-state index is 6.94. The van der Waals surface area contributed by atoms with Crippen LogP contribution in [0.5, 0.6) is 0 Å². The second-order valence-corrected chi connectivity index (χ2v) is 12.4. The Balaban J connectivity index is 1.08. The molecule has 0 aliphatic rings. The third-order valence-electron chi connectivity index (χ3n) is 9.60. The first-order valence-corrected chi connectivity index (χ1v) is 16.2. The Bertz CT molecular complexity index is 2530. The number of nitrogen functional groups attached to an aromatic ring is 1. The zero-order valence-corrected chi connectivity index (χ0v) is 25.9. The summed E-state index contributed by atoms with van der Waals surface area (Å²) < 4.78 is 0. The minimum Gasteiger partial charge on any atom is -0.397 e. The smallest absolute Gasteiger partial charge is 0.0648 e. The van der Waals surface area contributed by atoms with Crippen molar-refractivity contribution in [2.75, 3.05) is 10.6 Å². The van der Waals surface area contributed by atoms with Crippen molar-refractivity contribution in [1.82, 2.24) is 0 Å². The fourth-order valence-electron chi connectivity index (χ4n) is 7.23. The number of hydrogen-bond acceptors (Lipinski definition) is 2. The van der Waals surface area contributed by atoms with Crippen LogP contribution in [0.1, 0.15) is 5.56 Å². The lowest BCUT2D eigenvalue weighted by atomic mass is 9.89. The molecule has 2 N–H and O–H groups in total. The predicted octanol–water partition coefficient (Wildman–Crippen LogP) is 12.0. The first kappa shape index (κ1) is 27.2. The van der Waals surface area contributed by atoms with Gasteiger partial charge in [0.05, 0.1) is 11.4 Å². The molecule has 0 radical (unpaired) electrons. The van der Waals surface area contributed by atoms with E-state index in [1.807, 2.05) is 0 Å². The first-order valence-electron chi connectivity index (χ1n) is 16.2. The second kappa shape index (κ2) is 11.0. The normalized spacial score (nSPS) is 11.6. The maximum absolute atomic E-state index is 6.94. The molecule has 0 heterocycles. The molecule has 0 saturated heterocycles. The summed E-state index contributed by atoms with van der Waals surface area (Å²) in [5.41, 5.74) is 15.8. The highest BCUT2D eigenvalue weighted by molar-refractivity contribution is 6.25. The number of para-hydroxylation sites is 1. The molecule has 0 spiro atoms. The van der Waals surface area contributed by atoms with Crippen molar-refractivity contribution < 1.29 is 0 Å². The molecule has 9 aromatic rings. The number of anilines is 3. The molecule has 0 fully saturated rings. The van der Waals surface area contributed by atoms with Crippen LogP contribution in [-0.4, -0.2) is 0 Å². The SMILES string of the molecule is Nc1cc(-c2ccc3ccc4cccc5ccc2c3c45)ccc1N(Cc1ccc(-c2ccc3ccccc3c2)cc1)c1ccccc1. The molecule has 0 saturated carbocycles. The molecule has 2 nitrogen and oxygen atoms in total. The molecule has 0 unspecified atom stereocenters. The van der Waals surface area contributed by atoms with E-state index < -0.39 is 0 Å². The van der Waals surface area contributed by atoms with Gasteiger partial charge in [-0.2, -0.15) is 0 Å². The van der Waals surface area contributed by atoms with Crippen LogP contribution in [-0.2, 0) is 6.54 Å². The van der Waals surface area contributed by atoms with Crippen LogP contribution in [0.2, 0.25) is 0 Å². The van der Waals surface area contributed by atoms with Gasteiger partial charge in [-0.3, -0.25) is 0 Å². The molecule has 0 atom stereocenters. The highest BCUT2D eigenvalue weighted by atomic mass is 15.1. The summed E-state index contributed by atoms with van der Waals surface area (Å²) in [5.74, 6) is 0. The monoisotopic (exact) mass is 600 g/mol. The van der Waals surface area contributed by atoms with Crippen LogP contribution in [0.25, 0.3) is 65.3 Å². The van der Waals surface area contributed by atoms with Gasteiger partial charge in [0, 0.05) is 12.2 Å². The maximum Gasteiger partial charge on any atom is 0.0648 e. The summed E-state index contributed by atoms with van der Waals surface area (Å²) in [7, 11) is 0. The molecule has 222 valence electrons. The van der Waals surface area contributed by atoms with Crippen molar-refractivity contribution in [3.05, 3.63) is 175 Å². The number of nitrogens with zero attached hydrogens (tertiary/aromatic N) is 1. The van der Waals surface area contributed by atoms with Crippen LogP contribution in [0.4, 0.5) is 17.1 Å². The largest absolute Gasteiger partial charge is 0.397 e. The predicted molar refractivity (Wildman–Crippen MR) is 202 cm³/mol. The molecule has 0 aliphatic heterocycles. The van der Waals surface area contributed by atoms with Crippen LogP contribution in [0.3, 0.4) is 0 Å². The minimum absolute atomic E-state index is 0.699. The topological polar surface area (TPSA) is 29.3 Å². The molecule has 9 rings (SSSR count). The van der Waals surface area contributed by atoms with E-state index in [4.69, 9.17) is 5.73 Å². The second-order valence-electron chi connectivity index (χ2n) is 12.4. The molecule has 0 aliphatic carbocycles. The van der Waals surface area contributed by atoms with Crippen LogP contribution < -0.4 is 10.6 Å². The van der Waals surface area contributed by atoms with Gasteiger partial charge in [-0.05, 0) is 101 Å². The first-order chi connectivity index (χ1) is 23.2. The van der Waals surface area contributed by atoms with E-state index in [0.717, 1.165) is 22.6 Å². The number of nitrogens with two attached hydrogens (primary N) is 1. The van der Waals surface area contributed by atoms with Gasteiger partial charge in [-0.25, -0.2) is 0 Å². The van der Waals surface area contributed by atoms with E-state index in [2.05, 4.69) is 175 Å². The van der Waals surface area contributed by atoms with E-state index in [1.54, 1.807) is 0 Å². The van der Waals surface area contributed by atoms with E-state index in [0.29, 0.717) is 6.54 Å². The zero-order valence-electron chi connectivity index (χ0n) is 25.9. The Hall–Kier alpha value is -6.12. The minimum atomic E-state index is 0.699. The third-order valence-corrected chi connectivity index (χ3v) is 9.60. The van der Waals surface area contributed by atoms with Crippen LogP contribution in [0, 0.1) is 0 Å². The summed E-state index contributed by atoms with van der Waals surface area (Å²) in [6, 6.07) is 61.2. The quantitative estimate of drug-likeness (QED) is 0.152. The average Bonchev–Trinajstić information content (AvgIpc) is 3.13. The van der Waals surface area contributed by atoms with Gasteiger partial charge in [0.2, 0.25) is 0 Å². The summed E-state index contributed by atoms with van der Waals surface area (Å²) in [6.45, 7) is 0.699. The number of rotatable bonds is 6. The molecular weight excluding hydrogens is 569 g/mol. The summed E-state index contributed by atoms with van der Waals surface area (Å²) in [4.78, 5) is 2.31. The van der Waals surface area contributed by atoms with Gasteiger partial charge in [-0.15, -0.1) is 0 Å². The van der Waals surface area contributed by atoms with Gasteiger partial charge in [-0.1, -0.05) is 140 Å². The Morgan fingerprint density at radius 2 is 1.04 bits per heavy atom. The van der Waals surface area contributed by atoms with Crippen molar-refractivity contribution >= 4 is 60.2 Å². The van der Waals surface area contributed by atoms with Crippen molar-refractivity contribution in [2.24, 2.45) is 0 Å². The van der Waals surface area contributed by atoms with E-state index >= 15 is 0 Å². The van der Waals surface area contributed by atoms with Crippen molar-refractivity contribution in [3.8, 4) is 22.3 Å². The third kappa shape index (κ3) is 4.74. The fourth-order valence-corrected chi connectivity index (χ4v) is 7.23. The zero-order chi connectivity index (χ0) is 31.3. The van der Waals surface area contributed by atoms with Gasteiger partial charge in [0.15, 0.2) is 0 Å². The Labute approximate surface area is 274 Å². The highest BCUT2D eigenvalue weighted by Gasteiger charge is 2.17. The fraction of sp³-hybridized carbons (Fsp3) is 0.0222. The molecule has 0 amide bonds. The summed E-state index contributed by atoms with van der Waals surface area (Å²) >= 11 is 0. The molecule has 9 aromatic carbocycles. The lowest BCUT2D eigenvalue weighted by Gasteiger charge is -2.27. The highest BCUT2D eigenvalue weighted by Crippen LogP contribution is 2.41. The molecular formula is C45H32N2. The molecule has 0 aromatic heterocycles. The summed E-state index contributed by atoms with van der Waals surface area (Å²) in [5, 5.41) is 10.2. The van der Waals surface area contributed by atoms with E-state index in [9.17, 15) is 0 Å². The van der Waals surface area contributed by atoms with Crippen LogP contribution in [0.15, 0.2) is 170 Å². The number of fused-ring (bicyclic) bond motifs is 1. The lowest BCUT2D eigenvalue weighted by Crippen LogP contribution is -2.17. The van der Waals surface area contributed by atoms with Gasteiger partial charge in [0.25, 0.3) is 0 Å². The lowest BCUT2D eigenvalue weighted by molar-refractivity contribution is 0.977. The number of benzene rings is 9. The molecule has 0 bridgehead atoms. The standard InChI is InChI=1S/C45H32N2/c46-42-28-38(40-24-21-35-19-18-33-9-6-10-34-22-25-41(40)45(35)44(33)34)23-26-43(42)47(39-11-2-1-3-12-39)29-30-13-15-32(16-14-30)37-20-17-31-7-4-5-8-36(31)27-37/h1-28H,29,46H2. The van der Waals surface area contributed by atoms with E-state index in [1.165, 1.54) is 65.3 Å². The Kier molecular flexibility index (Phi) is 6.39. The van der Waals surface area contributed by atoms with Gasteiger partial charge >= 0.3 is 0 Å². The van der Waals surface area contributed by atoms with Gasteiger partial charge < -0.3 is 10.6 Å². The average molecular weight is 601 g/mol. The van der Waals surface area contributed by atoms with Crippen molar-refractivity contribution in [2.45, 2.75) is 6.54 Å². The Morgan fingerprint density at radius 1 is 0.426 bits per heavy atom.